The van der Waals surface area contributed by atoms with Gasteiger partial charge in [0.05, 0.1) is 11.6 Å². The van der Waals surface area contributed by atoms with Crippen molar-refractivity contribution >= 4 is 16.5 Å². The minimum Gasteiger partial charge on any atom is -0.389 e. The largest absolute Gasteiger partial charge is 0.389 e. The number of fused-ring (bicyclic) bond motifs is 1. The minimum absolute atomic E-state index is 0.297. The summed E-state index contributed by atoms with van der Waals surface area (Å²) in [6.45, 7) is 0. The fraction of sp³-hybridized carbons (Fsp3) is 0.312. The predicted octanol–water partition coefficient (Wildman–Crippen LogP) is 3.55. The Kier molecular flexibility index (Phi) is 3.11. The van der Waals surface area contributed by atoms with E-state index in [-0.39, 0.29) is 6.10 Å². The fourth-order valence-electron chi connectivity index (χ4n) is 2.56. The molecule has 1 heterocycles. The van der Waals surface area contributed by atoms with Crippen molar-refractivity contribution in [3.63, 3.8) is 0 Å². The number of benzene rings is 1. The van der Waals surface area contributed by atoms with Gasteiger partial charge in [-0.3, -0.25) is 4.98 Å². The standard InChI is InChI=1S/C16H17NO/c18-15-7-3-1-5-12(10-15)14-9-13-6-2-4-8-16(13)17-11-14/h2,4,6,8-11,15,18H,1,3,5,7H2. The summed E-state index contributed by atoms with van der Waals surface area (Å²) in [6, 6.07) is 10.3. The van der Waals surface area contributed by atoms with Gasteiger partial charge in [-0.05, 0) is 42.5 Å². The van der Waals surface area contributed by atoms with Crippen molar-refractivity contribution in [3.8, 4) is 0 Å². The van der Waals surface area contributed by atoms with E-state index < -0.39 is 0 Å². The molecule has 2 aromatic rings. The lowest BCUT2D eigenvalue weighted by Gasteiger charge is -2.07. The first kappa shape index (κ1) is 11.4. The van der Waals surface area contributed by atoms with Crippen LogP contribution >= 0.6 is 0 Å². The second-order valence-electron chi connectivity index (χ2n) is 4.92. The molecule has 0 fully saturated rings. The Labute approximate surface area is 107 Å². The minimum atomic E-state index is -0.297. The molecule has 1 unspecified atom stereocenters. The molecule has 0 saturated carbocycles. The maximum Gasteiger partial charge on any atom is 0.0726 e. The van der Waals surface area contributed by atoms with E-state index in [1.807, 2.05) is 30.5 Å². The average Bonchev–Trinajstić information content (AvgIpc) is 2.63. The summed E-state index contributed by atoms with van der Waals surface area (Å²) in [5.41, 5.74) is 3.41. The monoisotopic (exact) mass is 239 g/mol. The molecule has 0 spiro atoms. The van der Waals surface area contributed by atoms with Crippen LogP contribution in [-0.2, 0) is 0 Å². The maximum absolute atomic E-state index is 9.84. The molecule has 1 aromatic carbocycles. The van der Waals surface area contributed by atoms with E-state index in [2.05, 4.69) is 17.1 Å². The van der Waals surface area contributed by atoms with Gasteiger partial charge in [-0.15, -0.1) is 0 Å². The molecule has 2 nitrogen and oxygen atoms in total. The number of hydrogen-bond donors (Lipinski definition) is 1. The Balaban J connectivity index is 2.03. The Morgan fingerprint density at radius 2 is 2.06 bits per heavy atom. The van der Waals surface area contributed by atoms with Gasteiger partial charge >= 0.3 is 0 Å². The molecule has 1 atom stereocenters. The number of para-hydroxylation sites is 1. The molecular formula is C16H17NO. The van der Waals surface area contributed by atoms with Gasteiger partial charge in [-0.1, -0.05) is 30.7 Å². The fourth-order valence-corrected chi connectivity index (χ4v) is 2.56. The Morgan fingerprint density at radius 3 is 3.00 bits per heavy atom. The van der Waals surface area contributed by atoms with Crippen molar-refractivity contribution in [3.05, 3.63) is 48.2 Å². The molecule has 18 heavy (non-hydrogen) atoms. The molecule has 0 amide bonds. The SMILES string of the molecule is OC1C=C(c2cnc3ccccc3c2)CCCC1. The summed E-state index contributed by atoms with van der Waals surface area (Å²) in [6.07, 6.45) is 7.79. The zero-order valence-corrected chi connectivity index (χ0v) is 10.3. The highest BCUT2D eigenvalue weighted by Crippen LogP contribution is 2.27. The highest BCUT2D eigenvalue weighted by molar-refractivity contribution is 5.82. The van der Waals surface area contributed by atoms with Crippen LogP contribution in [0.5, 0.6) is 0 Å². The number of aromatic nitrogens is 1. The summed E-state index contributed by atoms with van der Waals surface area (Å²) >= 11 is 0. The molecular weight excluding hydrogens is 222 g/mol. The summed E-state index contributed by atoms with van der Waals surface area (Å²) in [5.74, 6) is 0. The Bertz CT molecular complexity index is 588. The van der Waals surface area contributed by atoms with Crippen LogP contribution in [0.15, 0.2) is 42.6 Å². The van der Waals surface area contributed by atoms with Crippen molar-refractivity contribution in [2.75, 3.05) is 0 Å². The summed E-state index contributed by atoms with van der Waals surface area (Å²) in [5, 5.41) is 11.0. The van der Waals surface area contributed by atoms with Gasteiger partial charge in [0, 0.05) is 11.6 Å². The van der Waals surface area contributed by atoms with Gasteiger partial charge in [0.1, 0.15) is 0 Å². The highest BCUT2D eigenvalue weighted by atomic mass is 16.3. The van der Waals surface area contributed by atoms with Crippen LogP contribution in [-0.4, -0.2) is 16.2 Å². The summed E-state index contributed by atoms with van der Waals surface area (Å²) in [4.78, 5) is 4.49. The smallest absolute Gasteiger partial charge is 0.0726 e. The number of rotatable bonds is 1. The molecule has 92 valence electrons. The van der Waals surface area contributed by atoms with E-state index in [0.717, 1.165) is 42.1 Å². The third-order valence-electron chi connectivity index (χ3n) is 3.55. The van der Waals surface area contributed by atoms with Crippen molar-refractivity contribution in [2.45, 2.75) is 31.8 Å². The van der Waals surface area contributed by atoms with E-state index in [1.54, 1.807) is 0 Å². The molecule has 1 aromatic heterocycles. The maximum atomic E-state index is 9.84. The van der Waals surface area contributed by atoms with Gasteiger partial charge in [0.2, 0.25) is 0 Å². The topological polar surface area (TPSA) is 33.1 Å². The molecule has 1 N–H and O–H groups in total. The molecule has 2 heteroatoms. The van der Waals surface area contributed by atoms with Crippen LogP contribution in [0.1, 0.15) is 31.2 Å². The second-order valence-corrected chi connectivity index (χ2v) is 4.92. The van der Waals surface area contributed by atoms with Crippen molar-refractivity contribution in [1.82, 2.24) is 4.98 Å². The normalized spacial score (nSPS) is 20.5. The van der Waals surface area contributed by atoms with Crippen LogP contribution in [0, 0.1) is 0 Å². The van der Waals surface area contributed by atoms with Crippen LogP contribution in [0.4, 0.5) is 0 Å². The number of hydrogen-bond acceptors (Lipinski definition) is 2. The first-order valence-corrected chi connectivity index (χ1v) is 6.57. The van der Waals surface area contributed by atoms with Crippen LogP contribution in [0.25, 0.3) is 16.5 Å². The van der Waals surface area contributed by atoms with Crippen molar-refractivity contribution in [1.29, 1.82) is 0 Å². The molecule has 0 saturated heterocycles. The number of allylic oxidation sites excluding steroid dienone is 1. The first-order chi connectivity index (χ1) is 8.83. The zero-order chi connectivity index (χ0) is 12.4. The lowest BCUT2D eigenvalue weighted by Crippen LogP contribution is -2.00. The quantitative estimate of drug-likeness (QED) is 0.825. The van der Waals surface area contributed by atoms with Crippen molar-refractivity contribution in [2.24, 2.45) is 0 Å². The lowest BCUT2D eigenvalue weighted by molar-refractivity contribution is 0.211. The van der Waals surface area contributed by atoms with Crippen LogP contribution in [0.3, 0.4) is 0 Å². The van der Waals surface area contributed by atoms with E-state index >= 15 is 0 Å². The zero-order valence-electron chi connectivity index (χ0n) is 10.3. The summed E-state index contributed by atoms with van der Waals surface area (Å²) < 4.78 is 0. The molecule has 1 aliphatic rings. The van der Waals surface area contributed by atoms with Gasteiger partial charge in [0.25, 0.3) is 0 Å². The third kappa shape index (κ3) is 2.29. The molecule has 0 aliphatic heterocycles. The molecule has 0 bridgehead atoms. The number of pyridine rings is 1. The lowest BCUT2D eigenvalue weighted by atomic mass is 10.0. The molecule has 3 rings (SSSR count). The first-order valence-electron chi connectivity index (χ1n) is 6.57. The average molecular weight is 239 g/mol. The van der Waals surface area contributed by atoms with Crippen LogP contribution in [0.2, 0.25) is 0 Å². The van der Waals surface area contributed by atoms with Gasteiger partial charge in [-0.25, -0.2) is 0 Å². The van der Waals surface area contributed by atoms with E-state index in [4.69, 9.17) is 0 Å². The molecule has 0 radical (unpaired) electrons. The van der Waals surface area contributed by atoms with E-state index in [0.29, 0.717) is 0 Å². The van der Waals surface area contributed by atoms with Crippen molar-refractivity contribution < 1.29 is 5.11 Å². The third-order valence-corrected chi connectivity index (χ3v) is 3.55. The van der Waals surface area contributed by atoms with E-state index in [1.165, 1.54) is 5.57 Å². The van der Waals surface area contributed by atoms with Gasteiger partial charge < -0.3 is 5.11 Å². The van der Waals surface area contributed by atoms with Gasteiger partial charge in [-0.2, -0.15) is 0 Å². The summed E-state index contributed by atoms with van der Waals surface area (Å²) in [7, 11) is 0. The Morgan fingerprint density at radius 1 is 1.17 bits per heavy atom. The molecule has 1 aliphatic carbocycles. The number of nitrogens with zero attached hydrogens (tertiary/aromatic N) is 1. The number of aliphatic hydroxyl groups is 1. The number of aliphatic hydroxyl groups excluding tert-OH is 1. The second kappa shape index (κ2) is 4.91. The Hall–Kier alpha value is -1.67. The predicted molar refractivity (Wildman–Crippen MR) is 74.2 cm³/mol. The highest BCUT2D eigenvalue weighted by Gasteiger charge is 2.11. The van der Waals surface area contributed by atoms with Crippen LogP contribution < -0.4 is 0 Å². The van der Waals surface area contributed by atoms with E-state index in [9.17, 15) is 5.11 Å². The van der Waals surface area contributed by atoms with Gasteiger partial charge in [0.15, 0.2) is 0 Å².